The number of benzene rings is 2. The fourth-order valence-electron chi connectivity index (χ4n) is 4.44. The fraction of sp³-hybridized carbons (Fsp3) is 0.391. The number of hydrogen-bond acceptors (Lipinski definition) is 3. The highest BCUT2D eigenvalue weighted by Gasteiger charge is 2.38. The van der Waals surface area contributed by atoms with Crippen molar-refractivity contribution >= 4 is 11.8 Å². The summed E-state index contributed by atoms with van der Waals surface area (Å²) in [7, 11) is 0. The van der Waals surface area contributed by atoms with Crippen molar-refractivity contribution in [1.29, 1.82) is 0 Å². The van der Waals surface area contributed by atoms with Crippen LogP contribution in [-0.2, 0) is 22.6 Å². The second kappa shape index (κ2) is 7.95. The van der Waals surface area contributed by atoms with Crippen molar-refractivity contribution in [3.8, 4) is 0 Å². The average Bonchev–Trinajstić information content (AvgIpc) is 3.31. The molecule has 1 saturated heterocycles. The first-order valence-corrected chi connectivity index (χ1v) is 10.1. The molecule has 2 amide bonds. The molecule has 0 aromatic heterocycles. The van der Waals surface area contributed by atoms with Gasteiger partial charge in [0.1, 0.15) is 5.82 Å². The number of halogens is 1. The highest BCUT2D eigenvalue weighted by Crippen LogP contribution is 2.33. The van der Waals surface area contributed by atoms with E-state index in [-0.39, 0.29) is 42.1 Å². The van der Waals surface area contributed by atoms with Gasteiger partial charge in [0.05, 0.1) is 18.0 Å². The molecule has 2 aromatic carbocycles. The lowest BCUT2D eigenvalue weighted by atomic mass is 10.0. The number of rotatable bonds is 5. The van der Waals surface area contributed by atoms with Gasteiger partial charge in [-0.15, -0.1) is 0 Å². The van der Waals surface area contributed by atoms with Gasteiger partial charge in [-0.1, -0.05) is 30.3 Å². The largest absolute Gasteiger partial charge is 0.349 e. The number of hydrogen-bond donors (Lipinski definition) is 2. The van der Waals surface area contributed by atoms with Crippen LogP contribution in [0.5, 0.6) is 0 Å². The molecule has 3 N–H and O–H groups in total. The first-order chi connectivity index (χ1) is 14.0. The number of fused-ring (bicyclic) bond motifs is 1. The van der Waals surface area contributed by atoms with Gasteiger partial charge in [-0.25, -0.2) is 4.39 Å². The Balaban J connectivity index is 1.41. The Hall–Kier alpha value is -2.73. The number of carbonyl (C=O) groups excluding carboxylic acids is 2. The van der Waals surface area contributed by atoms with E-state index in [1.165, 1.54) is 17.7 Å². The SMILES string of the molecule is C[C@H](c1ccc(F)cc1)N1CC(C(=O)NC2CCc3cc(CN)ccc32)CC1=O. The van der Waals surface area contributed by atoms with Crippen molar-refractivity contribution < 1.29 is 14.0 Å². The standard InChI is InChI=1S/C23H26FN3O2/c1-14(16-3-6-19(24)7-4-16)27-13-18(11-22(27)28)23(29)26-21-9-5-17-10-15(12-25)2-8-20(17)21/h2-4,6-8,10,14,18,21H,5,9,11-13,25H2,1H3,(H,26,29)/t14-,18?,21?/m1/s1. The highest BCUT2D eigenvalue weighted by molar-refractivity contribution is 5.89. The van der Waals surface area contributed by atoms with Gasteiger partial charge in [-0.05, 0) is 54.2 Å². The van der Waals surface area contributed by atoms with E-state index in [1.807, 2.05) is 13.0 Å². The first kappa shape index (κ1) is 19.6. The molecule has 2 unspecified atom stereocenters. The van der Waals surface area contributed by atoms with Crippen LogP contribution in [0.15, 0.2) is 42.5 Å². The van der Waals surface area contributed by atoms with Crippen molar-refractivity contribution in [2.24, 2.45) is 11.7 Å². The van der Waals surface area contributed by atoms with Crippen LogP contribution in [0.1, 0.15) is 54.1 Å². The molecule has 0 radical (unpaired) electrons. The maximum Gasteiger partial charge on any atom is 0.225 e. The molecular formula is C23H26FN3O2. The molecular weight excluding hydrogens is 369 g/mol. The summed E-state index contributed by atoms with van der Waals surface area (Å²) in [5.41, 5.74) is 10.1. The minimum absolute atomic E-state index is 0.0111. The van der Waals surface area contributed by atoms with E-state index in [0.717, 1.165) is 29.5 Å². The van der Waals surface area contributed by atoms with Crippen LogP contribution in [0.4, 0.5) is 4.39 Å². The predicted molar refractivity (Wildman–Crippen MR) is 108 cm³/mol. The zero-order valence-corrected chi connectivity index (χ0v) is 16.5. The maximum atomic E-state index is 13.2. The quantitative estimate of drug-likeness (QED) is 0.817. The molecule has 2 aliphatic rings. The molecule has 5 nitrogen and oxygen atoms in total. The normalized spacial score (nSPS) is 21.9. The number of carbonyl (C=O) groups is 2. The lowest BCUT2D eigenvalue weighted by Crippen LogP contribution is -2.35. The third kappa shape index (κ3) is 3.90. The number of aryl methyl sites for hydroxylation is 1. The summed E-state index contributed by atoms with van der Waals surface area (Å²) in [6, 6.07) is 12.1. The molecule has 6 heteroatoms. The van der Waals surface area contributed by atoms with Crippen molar-refractivity contribution in [2.75, 3.05) is 6.54 Å². The second-order valence-electron chi connectivity index (χ2n) is 8.01. The van der Waals surface area contributed by atoms with Crippen molar-refractivity contribution in [3.63, 3.8) is 0 Å². The summed E-state index contributed by atoms with van der Waals surface area (Å²) in [5.74, 6) is -0.784. The fourth-order valence-corrected chi connectivity index (χ4v) is 4.44. The van der Waals surface area contributed by atoms with Gasteiger partial charge in [0, 0.05) is 19.5 Å². The lowest BCUT2D eigenvalue weighted by molar-refractivity contribution is -0.130. The minimum atomic E-state index is -0.363. The molecule has 1 aliphatic carbocycles. The molecule has 1 fully saturated rings. The van der Waals surface area contributed by atoms with Gasteiger partial charge < -0.3 is 16.0 Å². The summed E-state index contributed by atoms with van der Waals surface area (Å²) >= 11 is 0. The number of nitrogens with two attached hydrogens (primary N) is 1. The van der Waals surface area contributed by atoms with Gasteiger partial charge in [-0.3, -0.25) is 9.59 Å². The Kier molecular flexibility index (Phi) is 5.37. The zero-order chi connectivity index (χ0) is 20.5. The molecule has 0 spiro atoms. The van der Waals surface area contributed by atoms with Gasteiger partial charge in [0.25, 0.3) is 0 Å². The van der Waals surface area contributed by atoms with E-state index in [1.54, 1.807) is 17.0 Å². The Bertz CT molecular complexity index is 928. The third-order valence-electron chi connectivity index (χ3n) is 6.19. The summed E-state index contributed by atoms with van der Waals surface area (Å²) in [4.78, 5) is 27.1. The molecule has 29 heavy (non-hydrogen) atoms. The van der Waals surface area contributed by atoms with Gasteiger partial charge >= 0.3 is 0 Å². The van der Waals surface area contributed by atoms with Crippen LogP contribution in [0.2, 0.25) is 0 Å². The Morgan fingerprint density at radius 3 is 2.76 bits per heavy atom. The van der Waals surface area contributed by atoms with Crippen LogP contribution >= 0.6 is 0 Å². The Morgan fingerprint density at radius 1 is 1.28 bits per heavy atom. The molecule has 0 saturated carbocycles. The Labute approximate surface area is 170 Å². The molecule has 2 aromatic rings. The molecule has 0 bridgehead atoms. The molecule has 152 valence electrons. The van der Waals surface area contributed by atoms with Crippen molar-refractivity contribution in [2.45, 2.75) is 44.8 Å². The lowest BCUT2D eigenvalue weighted by Gasteiger charge is -2.25. The predicted octanol–water partition coefficient (Wildman–Crippen LogP) is 3.00. The summed E-state index contributed by atoms with van der Waals surface area (Å²) in [6.45, 7) is 2.80. The topological polar surface area (TPSA) is 75.4 Å². The number of nitrogens with one attached hydrogen (secondary N) is 1. The van der Waals surface area contributed by atoms with Crippen LogP contribution < -0.4 is 11.1 Å². The zero-order valence-electron chi connectivity index (χ0n) is 16.5. The van der Waals surface area contributed by atoms with E-state index in [0.29, 0.717) is 13.1 Å². The third-order valence-corrected chi connectivity index (χ3v) is 6.19. The van der Waals surface area contributed by atoms with Gasteiger partial charge in [0.15, 0.2) is 0 Å². The minimum Gasteiger partial charge on any atom is -0.349 e. The monoisotopic (exact) mass is 395 g/mol. The van der Waals surface area contributed by atoms with E-state index < -0.39 is 0 Å². The molecule has 1 aliphatic heterocycles. The maximum absolute atomic E-state index is 13.2. The first-order valence-electron chi connectivity index (χ1n) is 10.1. The number of amides is 2. The average molecular weight is 395 g/mol. The number of nitrogens with zero attached hydrogens (tertiary/aromatic N) is 1. The summed E-state index contributed by atoms with van der Waals surface area (Å²) < 4.78 is 13.2. The Morgan fingerprint density at radius 2 is 2.03 bits per heavy atom. The molecule has 4 rings (SSSR count). The highest BCUT2D eigenvalue weighted by atomic mass is 19.1. The van der Waals surface area contributed by atoms with Gasteiger partial charge in [-0.2, -0.15) is 0 Å². The summed E-state index contributed by atoms with van der Waals surface area (Å²) in [6.07, 6.45) is 2.00. The number of likely N-dealkylation sites (tertiary alicyclic amines) is 1. The van der Waals surface area contributed by atoms with Crippen LogP contribution in [0.25, 0.3) is 0 Å². The van der Waals surface area contributed by atoms with Crippen LogP contribution in [-0.4, -0.2) is 23.3 Å². The van der Waals surface area contributed by atoms with Crippen LogP contribution in [0.3, 0.4) is 0 Å². The van der Waals surface area contributed by atoms with Crippen molar-refractivity contribution in [3.05, 3.63) is 70.5 Å². The molecule has 1 heterocycles. The van der Waals surface area contributed by atoms with E-state index >= 15 is 0 Å². The van der Waals surface area contributed by atoms with E-state index in [9.17, 15) is 14.0 Å². The van der Waals surface area contributed by atoms with E-state index in [2.05, 4.69) is 17.4 Å². The molecule has 3 atom stereocenters. The smallest absolute Gasteiger partial charge is 0.225 e. The van der Waals surface area contributed by atoms with E-state index in [4.69, 9.17) is 5.73 Å². The summed E-state index contributed by atoms with van der Waals surface area (Å²) in [5, 5.41) is 3.14. The van der Waals surface area contributed by atoms with Gasteiger partial charge in [0.2, 0.25) is 11.8 Å². The second-order valence-corrected chi connectivity index (χ2v) is 8.01. The van der Waals surface area contributed by atoms with Crippen LogP contribution in [0, 0.1) is 11.7 Å². The van der Waals surface area contributed by atoms with Crippen molar-refractivity contribution in [1.82, 2.24) is 10.2 Å².